The van der Waals surface area contributed by atoms with Crippen LogP contribution < -0.4 is 5.32 Å². The van der Waals surface area contributed by atoms with E-state index in [0.29, 0.717) is 0 Å². The first-order chi connectivity index (χ1) is 10.3. The number of nitrogens with zero attached hydrogens (tertiary/aromatic N) is 1. The Morgan fingerprint density at radius 2 is 1.71 bits per heavy atom. The van der Waals surface area contributed by atoms with E-state index in [4.69, 9.17) is 0 Å². The maximum absolute atomic E-state index is 4.14. The molecule has 0 unspecified atom stereocenters. The summed E-state index contributed by atoms with van der Waals surface area (Å²) in [5.74, 6) is 0. The molecule has 0 amide bonds. The van der Waals surface area contributed by atoms with Gasteiger partial charge in [0.05, 0.1) is 0 Å². The zero-order valence-electron chi connectivity index (χ0n) is 12.3. The largest absolute Gasteiger partial charge is 0.381 e. The lowest BCUT2D eigenvalue weighted by Crippen LogP contribution is -1.99. The van der Waals surface area contributed by atoms with Crippen molar-refractivity contribution >= 4 is 16.5 Å². The molecule has 0 aliphatic carbocycles. The molecule has 1 aromatic heterocycles. The standard InChI is InChI=1S/C19H20N2/c1-2-3-15-5-8-19(9-6-15)21-13-16-4-7-18-14-20-11-10-17(18)12-16/h4-12,14,21H,2-3,13H2,1H3. The number of aryl methyl sites for hydroxylation is 1. The zero-order chi connectivity index (χ0) is 14.5. The molecule has 0 radical (unpaired) electrons. The van der Waals surface area contributed by atoms with Gasteiger partial charge >= 0.3 is 0 Å². The number of pyridine rings is 1. The van der Waals surface area contributed by atoms with Gasteiger partial charge in [0.2, 0.25) is 0 Å². The number of hydrogen-bond donors (Lipinski definition) is 1. The summed E-state index contributed by atoms with van der Waals surface area (Å²) in [6.07, 6.45) is 6.09. The molecular formula is C19H20N2. The van der Waals surface area contributed by atoms with Gasteiger partial charge < -0.3 is 5.32 Å². The minimum Gasteiger partial charge on any atom is -0.381 e. The van der Waals surface area contributed by atoms with Crippen LogP contribution in [-0.4, -0.2) is 4.98 Å². The van der Waals surface area contributed by atoms with E-state index in [9.17, 15) is 0 Å². The maximum atomic E-state index is 4.14. The van der Waals surface area contributed by atoms with Crippen molar-refractivity contribution in [3.8, 4) is 0 Å². The number of nitrogens with one attached hydrogen (secondary N) is 1. The van der Waals surface area contributed by atoms with Gasteiger partial charge in [0.1, 0.15) is 0 Å². The Hall–Kier alpha value is -2.35. The molecule has 2 heteroatoms. The van der Waals surface area contributed by atoms with Crippen molar-refractivity contribution in [1.82, 2.24) is 4.98 Å². The van der Waals surface area contributed by atoms with Gasteiger partial charge in [0.25, 0.3) is 0 Å². The maximum Gasteiger partial charge on any atom is 0.0401 e. The molecule has 1 N–H and O–H groups in total. The van der Waals surface area contributed by atoms with Gasteiger partial charge in [-0.2, -0.15) is 0 Å². The number of rotatable bonds is 5. The Morgan fingerprint density at radius 1 is 0.905 bits per heavy atom. The number of aromatic nitrogens is 1. The van der Waals surface area contributed by atoms with Crippen molar-refractivity contribution in [1.29, 1.82) is 0 Å². The zero-order valence-corrected chi connectivity index (χ0v) is 12.3. The molecule has 106 valence electrons. The first kappa shape index (κ1) is 13.6. The normalized spacial score (nSPS) is 10.7. The second-order valence-electron chi connectivity index (χ2n) is 5.36. The van der Waals surface area contributed by atoms with Crippen LogP contribution in [0.15, 0.2) is 60.9 Å². The van der Waals surface area contributed by atoms with E-state index in [1.54, 1.807) is 0 Å². The van der Waals surface area contributed by atoms with Gasteiger partial charge in [-0.25, -0.2) is 0 Å². The third-order valence-electron chi connectivity index (χ3n) is 3.69. The first-order valence-electron chi connectivity index (χ1n) is 7.50. The summed E-state index contributed by atoms with van der Waals surface area (Å²) in [5, 5.41) is 5.90. The van der Waals surface area contributed by atoms with Crippen LogP contribution in [0, 0.1) is 0 Å². The lowest BCUT2D eigenvalue weighted by Gasteiger charge is -2.08. The monoisotopic (exact) mass is 276 g/mol. The molecule has 0 aliphatic rings. The molecule has 0 saturated heterocycles. The van der Waals surface area contributed by atoms with Crippen LogP contribution in [0.3, 0.4) is 0 Å². The molecule has 0 fully saturated rings. The highest BCUT2D eigenvalue weighted by molar-refractivity contribution is 5.82. The fourth-order valence-electron chi connectivity index (χ4n) is 2.52. The van der Waals surface area contributed by atoms with E-state index in [2.05, 4.69) is 65.8 Å². The summed E-state index contributed by atoms with van der Waals surface area (Å²) in [5.41, 5.74) is 3.86. The smallest absolute Gasteiger partial charge is 0.0401 e. The quantitative estimate of drug-likeness (QED) is 0.724. The molecule has 1 heterocycles. The number of hydrogen-bond acceptors (Lipinski definition) is 2. The highest BCUT2D eigenvalue weighted by atomic mass is 14.9. The molecule has 2 nitrogen and oxygen atoms in total. The Balaban J connectivity index is 1.68. The minimum absolute atomic E-state index is 0.839. The van der Waals surface area contributed by atoms with Gasteiger partial charge in [0, 0.05) is 30.0 Å². The Kier molecular flexibility index (Phi) is 4.15. The lowest BCUT2D eigenvalue weighted by molar-refractivity contribution is 0.922. The number of benzene rings is 2. The van der Waals surface area contributed by atoms with Crippen LogP contribution in [0.25, 0.3) is 10.8 Å². The molecule has 0 atom stereocenters. The molecule has 3 aromatic rings. The Morgan fingerprint density at radius 3 is 2.52 bits per heavy atom. The minimum atomic E-state index is 0.839. The second kappa shape index (κ2) is 6.40. The van der Waals surface area contributed by atoms with E-state index in [-0.39, 0.29) is 0 Å². The van der Waals surface area contributed by atoms with Crippen LogP contribution in [0.1, 0.15) is 24.5 Å². The summed E-state index contributed by atoms with van der Waals surface area (Å²) in [4.78, 5) is 4.14. The Bertz CT molecular complexity index is 717. The van der Waals surface area contributed by atoms with Crippen LogP contribution in [0.2, 0.25) is 0 Å². The highest BCUT2D eigenvalue weighted by Gasteiger charge is 1.98. The molecular weight excluding hydrogens is 256 g/mol. The molecule has 3 rings (SSSR count). The fraction of sp³-hybridized carbons (Fsp3) is 0.211. The number of anilines is 1. The van der Waals surface area contributed by atoms with Crippen molar-refractivity contribution < 1.29 is 0 Å². The molecule has 0 aliphatic heterocycles. The molecule has 0 bridgehead atoms. The van der Waals surface area contributed by atoms with Gasteiger partial charge in [-0.3, -0.25) is 4.98 Å². The van der Waals surface area contributed by atoms with Crippen molar-refractivity contribution in [2.75, 3.05) is 5.32 Å². The van der Waals surface area contributed by atoms with E-state index in [0.717, 1.165) is 13.0 Å². The van der Waals surface area contributed by atoms with Gasteiger partial charge in [0.15, 0.2) is 0 Å². The number of fused-ring (bicyclic) bond motifs is 1. The van der Waals surface area contributed by atoms with Crippen LogP contribution in [0.4, 0.5) is 5.69 Å². The molecule has 0 spiro atoms. The first-order valence-corrected chi connectivity index (χ1v) is 7.50. The SMILES string of the molecule is CCCc1ccc(NCc2ccc3cnccc3c2)cc1. The fourth-order valence-corrected chi connectivity index (χ4v) is 2.52. The van der Waals surface area contributed by atoms with Crippen LogP contribution >= 0.6 is 0 Å². The van der Waals surface area contributed by atoms with E-state index in [1.807, 2.05) is 12.4 Å². The van der Waals surface area contributed by atoms with Gasteiger partial charge in [-0.1, -0.05) is 37.6 Å². The second-order valence-corrected chi connectivity index (χ2v) is 5.36. The topological polar surface area (TPSA) is 24.9 Å². The summed E-state index contributed by atoms with van der Waals surface area (Å²) in [6.45, 7) is 3.05. The van der Waals surface area contributed by atoms with E-state index < -0.39 is 0 Å². The molecule has 21 heavy (non-hydrogen) atoms. The summed E-state index contributed by atoms with van der Waals surface area (Å²) in [6, 6.07) is 17.3. The van der Waals surface area contributed by atoms with Gasteiger partial charge in [-0.15, -0.1) is 0 Å². The average Bonchev–Trinajstić information content (AvgIpc) is 2.54. The van der Waals surface area contributed by atoms with Crippen molar-refractivity contribution in [3.05, 3.63) is 72.1 Å². The lowest BCUT2D eigenvalue weighted by atomic mass is 10.1. The molecule has 2 aromatic carbocycles. The van der Waals surface area contributed by atoms with E-state index >= 15 is 0 Å². The predicted octanol–water partition coefficient (Wildman–Crippen LogP) is 4.80. The highest BCUT2D eigenvalue weighted by Crippen LogP contribution is 2.16. The van der Waals surface area contributed by atoms with Crippen molar-refractivity contribution in [2.45, 2.75) is 26.3 Å². The average molecular weight is 276 g/mol. The molecule has 0 saturated carbocycles. The Labute approximate surface area is 125 Å². The third kappa shape index (κ3) is 3.40. The third-order valence-corrected chi connectivity index (χ3v) is 3.69. The van der Waals surface area contributed by atoms with Crippen LogP contribution in [-0.2, 0) is 13.0 Å². The summed E-state index contributed by atoms with van der Waals surface area (Å²) < 4.78 is 0. The van der Waals surface area contributed by atoms with Crippen molar-refractivity contribution in [3.63, 3.8) is 0 Å². The summed E-state index contributed by atoms with van der Waals surface area (Å²) in [7, 11) is 0. The predicted molar refractivity (Wildman–Crippen MR) is 89.5 cm³/mol. The van der Waals surface area contributed by atoms with Crippen molar-refractivity contribution in [2.24, 2.45) is 0 Å². The summed E-state index contributed by atoms with van der Waals surface area (Å²) >= 11 is 0. The van der Waals surface area contributed by atoms with Crippen LogP contribution in [0.5, 0.6) is 0 Å². The van der Waals surface area contributed by atoms with E-state index in [1.165, 1.54) is 34.0 Å². The van der Waals surface area contributed by atoms with Gasteiger partial charge in [-0.05, 0) is 47.2 Å².